The van der Waals surface area contributed by atoms with E-state index in [4.69, 9.17) is 9.72 Å². The minimum atomic E-state index is -0.0802. The fourth-order valence-electron chi connectivity index (χ4n) is 2.62. The Bertz CT molecular complexity index is 353. The molecule has 1 fully saturated rings. The number of nitrogens with zero attached hydrogens (tertiary/aromatic N) is 1. The van der Waals surface area contributed by atoms with Crippen LogP contribution in [0.1, 0.15) is 56.7 Å². The summed E-state index contributed by atoms with van der Waals surface area (Å²) in [4.78, 5) is 4.79. The fourth-order valence-corrected chi connectivity index (χ4v) is 3.71. The van der Waals surface area contributed by atoms with Crippen LogP contribution in [0.5, 0.6) is 0 Å². The smallest absolute Gasteiger partial charge is 0.125 e. The van der Waals surface area contributed by atoms with Gasteiger partial charge in [0.1, 0.15) is 10.6 Å². The maximum absolute atomic E-state index is 5.85. The third-order valence-corrected chi connectivity index (χ3v) is 5.00. The van der Waals surface area contributed by atoms with E-state index in [0.29, 0.717) is 0 Å². The minimum Gasteiger partial charge on any atom is -0.371 e. The summed E-state index contributed by atoms with van der Waals surface area (Å²) >= 11 is 1.78. The molecule has 0 N–H and O–H groups in total. The average Bonchev–Trinajstić information content (AvgIpc) is 2.80. The summed E-state index contributed by atoms with van der Waals surface area (Å²) in [5, 5.41) is 3.41. The van der Waals surface area contributed by atoms with Crippen molar-refractivity contribution in [3.05, 3.63) is 16.1 Å². The molecule has 0 spiro atoms. The summed E-state index contributed by atoms with van der Waals surface area (Å²) in [5.74, 6) is 0.841. The number of methoxy groups -OCH3 is 1. The van der Waals surface area contributed by atoms with Gasteiger partial charge in [-0.1, -0.05) is 20.3 Å². The van der Waals surface area contributed by atoms with Gasteiger partial charge in [0.05, 0.1) is 5.69 Å². The monoisotopic (exact) mass is 253 g/mol. The van der Waals surface area contributed by atoms with Crippen molar-refractivity contribution in [2.45, 2.75) is 58.0 Å². The van der Waals surface area contributed by atoms with Crippen LogP contribution in [0.2, 0.25) is 0 Å². The van der Waals surface area contributed by atoms with E-state index in [1.807, 2.05) is 7.11 Å². The van der Waals surface area contributed by atoms with Gasteiger partial charge in [0, 0.05) is 12.5 Å². The second-order valence-electron chi connectivity index (χ2n) is 5.27. The Balaban J connectivity index is 2.16. The predicted octanol–water partition coefficient (Wildman–Crippen LogP) is 4.15. The minimum absolute atomic E-state index is 0.0802. The molecule has 0 amide bonds. The van der Waals surface area contributed by atoms with E-state index in [-0.39, 0.29) is 5.60 Å². The Morgan fingerprint density at radius 3 is 2.76 bits per heavy atom. The quantitative estimate of drug-likeness (QED) is 0.804. The van der Waals surface area contributed by atoms with Gasteiger partial charge in [-0.05, 0) is 38.0 Å². The van der Waals surface area contributed by atoms with Crippen LogP contribution in [0.3, 0.4) is 0 Å². The lowest BCUT2D eigenvalue weighted by atomic mass is 9.80. The molecule has 1 aromatic heterocycles. The Hall–Kier alpha value is -0.410. The zero-order valence-electron chi connectivity index (χ0n) is 11.2. The van der Waals surface area contributed by atoms with Gasteiger partial charge in [0.2, 0.25) is 0 Å². The van der Waals surface area contributed by atoms with Crippen molar-refractivity contribution < 1.29 is 4.74 Å². The second-order valence-corrected chi connectivity index (χ2v) is 6.13. The number of rotatable bonds is 4. The van der Waals surface area contributed by atoms with Crippen LogP contribution < -0.4 is 0 Å². The highest BCUT2D eigenvalue weighted by atomic mass is 32.1. The van der Waals surface area contributed by atoms with Crippen LogP contribution in [0.15, 0.2) is 5.38 Å². The van der Waals surface area contributed by atoms with Gasteiger partial charge in [0.15, 0.2) is 0 Å². The molecular formula is C14H23NOS. The molecule has 0 bridgehead atoms. The topological polar surface area (TPSA) is 22.1 Å². The van der Waals surface area contributed by atoms with Crippen LogP contribution in [0, 0.1) is 5.92 Å². The molecule has 1 heterocycles. The van der Waals surface area contributed by atoms with Gasteiger partial charge in [-0.2, -0.15) is 0 Å². The predicted molar refractivity (Wildman–Crippen MR) is 72.4 cm³/mol. The third-order valence-electron chi connectivity index (χ3n) is 3.92. The Morgan fingerprint density at radius 1 is 1.47 bits per heavy atom. The van der Waals surface area contributed by atoms with Gasteiger partial charge in [-0.15, -0.1) is 11.3 Å². The molecule has 96 valence electrons. The highest BCUT2D eigenvalue weighted by molar-refractivity contribution is 7.09. The van der Waals surface area contributed by atoms with Crippen LogP contribution in [-0.4, -0.2) is 12.1 Å². The summed E-state index contributed by atoms with van der Waals surface area (Å²) in [5.41, 5.74) is 1.16. The van der Waals surface area contributed by atoms with Crippen LogP contribution in [-0.2, 0) is 16.8 Å². The zero-order chi connectivity index (χ0) is 12.3. The first-order chi connectivity index (χ1) is 8.20. The molecule has 0 aliphatic heterocycles. The molecule has 0 saturated heterocycles. The highest BCUT2D eigenvalue weighted by Gasteiger charge is 2.38. The van der Waals surface area contributed by atoms with Gasteiger partial charge >= 0.3 is 0 Å². The molecule has 1 aliphatic rings. The zero-order valence-corrected chi connectivity index (χ0v) is 12.0. The first-order valence-electron chi connectivity index (χ1n) is 6.70. The normalized spacial score (nSPS) is 29.5. The lowest BCUT2D eigenvalue weighted by Gasteiger charge is -2.36. The van der Waals surface area contributed by atoms with Crippen molar-refractivity contribution in [3.63, 3.8) is 0 Å². The summed E-state index contributed by atoms with van der Waals surface area (Å²) in [6.07, 6.45) is 7.04. The first-order valence-corrected chi connectivity index (χ1v) is 7.58. The van der Waals surface area contributed by atoms with Crippen LogP contribution in [0.4, 0.5) is 0 Å². The number of thiazole rings is 1. The van der Waals surface area contributed by atoms with Crippen LogP contribution in [0.25, 0.3) is 0 Å². The molecule has 3 heteroatoms. The molecule has 0 unspecified atom stereocenters. The summed E-state index contributed by atoms with van der Waals surface area (Å²) in [7, 11) is 1.84. The molecule has 1 saturated carbocycles. The largest absolute Gasteiger partial charge is 0.371 e. The van der Waals surface area contributed by atoms with E-state index < -0.39 is 0 Å². The summed E-state index contributed by atoms with van der Waals surface area (Å²) < 4.78 is 5.85. The highest BCUT2D eigenvalue weighted by Crippen LogP contribution is 2.43. The standard InChI is InChI=1S/C14H23NOS/c1-4-5-12-10-17-13(15-12)14(16-3)8-6-11(2)7-9-14/h10-11H,4-9H2,1-3H3. The fraction of sp³-hybridized carbons (Fsp3) is 0.786. The maximum Gasteiger partial charge on any atom is 0.125 e. The van der Waals surface area contributed by atoms with E-state index in [1.54, 1.807) is 11.3 Å². The van der Waals surface area contributed by atoms with E-state index in [0.717, 1.165) is 25.2 Å². The van der Waals surface area contributed by atoms with Crippen molar-refractivity contribution in [2.24, 2.45) is 5.92 Å². The Labute approximate surface area is 108 Å². The van der Waals surface area contributed by atoms with Gasteiger partial charge < -0.3 is 4.74 Å². The molecule has 0 aromatic carbocycles. The maximum atomic E-state index is 5.85. The van der Waals surface area contributed by atoms with E-state index >= 15 is 0 Å². The van der Waals surface area contributed by atoms with Gasteiger partial charge in [-0.3, -0.25) is 0 Å². The van der Waals surface area contributed by atoms with Gasteiger partial charge in [0.25, 0.3) is 0 Å². The van der Waals surface area contributed by atoms with Crippen molar-refractivity contribution in [1.29, 1.82) is 0 Å². The van der Waals surface area contributed by atoms with Crippen molar-refractivity contribution in [2.75, 3.05) is 7.11 Å². The molecule has 2 nitrogen and oxygen atoms in total. The molecule has 2 rings (SSSR count). The third kappa shape index (κ3) is 2.71. The molecule has 0 atom stereocenters. The summed E-state index contributed by atoms with van der Waals surface area (Å²) in [6.45, 7) is 4.54. The summed E-state index contributed by atoms with van der Waals surface area (Å²) in [6, 6.07) is 0. The molecule has 17 heavy (non-hydrogen) atoms. The average molecular weight is 253 g/mol. The number of hydrogen-bond donors (Lipinski definition) is 0. The number of aryl methyl sites for hydroxylation is 1. The lowest BCUT2D eigenvalue weighted by Crippen LogP contribution is -2.33. The van der Waals surface area contributed by atoms with Crippen LogP contribution >= 0.6 is 11.3 Å². The molecule has 0 radical (unpaired) electrons. The molecular weight excluding hydrogens is 230 g/mol. The SMILES string of the molecule is CCCc1csc(C2(OC)CCC(C)CC2)n1. The molecule has 1 aromatic rings. The number of ether oxygens (including phenoxy) is 1. The Kier molecular flexibility index (Phi) is 4.21. The van der Waals surface area contributed by atoms with E-state index in [1.165, 1.54) is 30.0 Å². The van der Waals surface area contributed by atoms with Crippen molar-refractivity contribution >= 4 is 11.3 Å². The van der Waals surface area contributed by atoms with E-state index in [2.05, 4.69) is 19.2 Å². The Morgan fingerprint density at radius 2 is 2.18 bits per heavy atom. The van der Waals surface area contributed by atoms with E-state index in [9.17, 15) is 0 Å². The second kappa shape index (κ2) is 5.49. The van der Waals surface area contributed by atoms with Crippen molar-refractivity contribution in [1.82, 2.24) is 4.98 Å². The number of hydrogen-bond acceptors (Lipinski definition) is 3. The van der Waals surface area contributed by atoms with Gasteiger partial charge in [-0.25, -0.2) is 4.98 Å². The lowest BCUT2D eigenvalue weighted by molar-refractivity contribution is -0.0531. The first kappa shape index (κ1) is 13.0. The van der Waals surface area contributed by atoms with Crippen molar-refractivity contribution in [3.8, 4) is 0 Å². The molecule has 1 aliphatic carbocycles. The number of aromatic nitrogens is 1.